The van der Waals surface area contributed by atoms with Crippen molar-refractivity contribution in [2.45, 2.75) is 31.8 Å². The van der Waals surface area contributed by atoms with Crippen LogP contribution in [0.1, 0.15) is 40.5 Å². The minimum atomic E-state index is -0.273. The van der Waals surface area contributed by atoms with Gasteiger partial charge in [0.1, 0.15) is 5.75 Å². The Bertz CT molecular complexity index is 805. The zero-order valence-electron chi connectivity index (χ0n) is 15.6. The predicted octanol–water partition coefficient (Wildman–Crippen LogP) is 2.82. The standard InChI is InChI=1S/C21H25N3O3/c1-14-18(8-5-13-22-14)23-21(26)17-6-3-4-7-19(17)24-20(25)15-9-11-16(27-2)12-10-15/h3-4,6-7,9-12,14,18,22H,5,8,13H2,1-2H3,(H,23,26)(H,24,25). The smallest absolute Gasteiger partial charge is 0.255 e. The zero-order valence-corrected chi connectivity index (χ0v) is 15.6. The number of nitrogens with one attached hydrogen (secondary N) is 3. The second-order valence-electron chi connectivity index (χ2n) is 6.69. The molecule has 3 N–H and O–H groups in total. The molecule has 6 heteroatoms. The molecule has 3 rings (SSSR count). The maximum Gasteiger partial charge on any atom is 0.255 e. The number of ether oxygens (including phenoxy) is 1. The van der Waals surface area contributed by atoms with E-state index in [-0.39, 0.29) is 23.9 Å². The number of hydrogen-bond acceptors (Lipinski definition) is 4. The first-order valence-corrected chi connectivity index (χ1v) is 9.17. The van der Waals surface area contributed by atoms with Crippen LogP contribution in [0.2, 0.25) is 0 Å². The number of carbonyl (C=O) groups is 2. The van der Waals surface area contributed by atoms with E-state index in [2.05, 4.69) is 22.9 Å². The summed E-state index contributed by atoms with van der Waals surface area (Å²) in [6.45, 7) is 3.05. The number of carbonyl (C=O) groups excluding carboxylic acids is 2. The molecule has 0 spiro atoms. The van der Waals surface area contributed by atoms with Crippen LogP contribution < -0.4 is 20.7 Å². The normalized spacial score (nSPS) is 19.2. The van der Waals surface area contributed by atoms with Crippen LogP contribution in [0, 0.1) is 0 Å². The molecule has 0 radical (unpaired) electrons. The molecule has 2 aromatic carbocycles. The van der Waals surface area contributed by atoms with Crippen molar-refractivity contribution in [3.63, 3.8) is 0 Å². The van der Waals surface area contributed by atoms with Crippen molar-refractivity contribution in [3.05, 3.63) is 59.7 Å². The van der Waals surface area contributed by atoms with E-state index in [1.807, 2.05) is 0 Å². The molecule has 0 aliphatic carbocycles. The van der Waals surface area contributed by atoms with Crippen molar-refractivity contribution in [1.82, 2.24) is 10.6 Å². The van der Waals surface area contributed by atoms with E-state index in [9.17, 15) is 9.59 Å². The molecule has 0 saturated carbocycles. The highest BCUT2D eigenvalue weighted by atomic mass is 16.5. The number of anilines is 1. The fourth-order valence-corrected chi connectivity index (χ4v) is 3.21. The van der Waals surface area contributed by atoms with Gasteiger partial charge in [-0.25, -0.2) is 0 Å². The molecule has 1 fully saturated rings. The molecule has 1 aliphatic heterocycles. The fraction of sp³-hybridized carbons (Fsp3) is 0.333. The van der Waals surface area contributed by atoms with Gasteiger partial charge in [0, 0.05) is 17.6 Å². The summed E-state index contributed by atoms with van der Waals surface area (Å²) < 4.78 is 5.11. The van der Waals surface area contributed by atoms with Gasteiger partial charge in [0.2, 0.25) is 0 Å². The third-order valence-corrected chi connectivity index (χ3v) is 4.85. The summed E-state index contributed by atoms with van der Waals surface area (Å²) in [7, 11) is 1.58. The van der Waals surface area contributed by atoms with Crippen molar-refractivity contribution >= 4 is 17.5 Å². The van der Waals surface area contributed by atoms with Gasteiger partial charge < -0.3 is 20.7 Å². The maximum atomic E-state index is 12.8. The lowest BCUT2D eigenvalue weighted by Crippen LogP contribution is -2.52. The van der Waals surface area contributed by atoms with Crippen LogP contribution in [-0.2, 0) is 0 Å². The van der Waals surface area contributed by atoms with Crippen LogP contribution in [0.25, 0.3) is 0 Å². The summed E-state index contributed by atoms with van der Waals surface area (Å²) in [6, 6.07) is 14.2. The molecular weight excluding hydrogens is 342 g/mol. The van der Waals surface area contributed by atoms with Gasteiger partial charge in [-0.05, 0) is 62.7 Å². The van der Waals surface area contributed by atoms with Crippen LogP contribution in [0.5, 0.6) is 5.75 Å². The highest BCUT2D eigenvalue weighted by molar-refractivity contribution is 6.09. The van der Waals surface area contributed by atoms with Gasteiger partial charge in [-0.1, -0.05) is 12.1 Å². The molecule has 6 nitrogen and oxygen atoms in total. The summed E-state index contributed by atoms with van der Waals surface area (Å²) in [5.41, 5.74) is 1.44. The van der Waals surface area contributed by atoms with Gasteiger partial charge in [-0.15, -0.1) is 0 Å². The van der Waals surface area contributed by atoms with Crippen molar-refractivity contribution in [2.24, 2.45) is 0 Å². The van der Waals surface area contributed by atoms with Crippen LogP contribution in [-0.4, -0.2) is 37.6 Å². The van der Waals surface area contributed by atoms with E-state index in [0.717, 1.165) is 19.4 Å². The van der Waals surface area contributed by atoms with E-state index in [1.54, 1.807) is 55.6 Å². The summed E-state index contributed by atoms with van der Waals surface area (Å²) >= 11 is 0. The number of benzene rings is 2. The number of hydrogen-bond donors (Lipinski definition) is 3. The summed E-state index contributed by atoms with van der Waals surface area (Å²) in [5, 5.41) is 9.29. The molecule has 1 aliphatic rings. The van der Waals surface area contributed by atoms with E-state index in [1.165, 1.54) is 0 Å². The Hall–Kier alpha value is -2.86. The van der Waals surface area contributed by atoms with E-state index < -0.39 is 0 Å². The highest BCUT2D eigenvalue weighted by Gasteiger charge is 2.24. The topological polar surface area (TPSA) is 79.5 Å². The Morgan fingerprint density at radius 3 is 2.52 bits per heavy atom. The molecule has 2 aromatic rings. The Kier molecular flexibility index (Phi) is 6.08. The fourth-order valence-electron chi connectivity index (χ4n) is 3.21. The summed E-state index contributed by atoms with van der Waals surface area (Å²) in [4.78, 5) is 25.3. The van der Waals surface area contributed by atoms with Gasteiger partial charge >= 0.3 is 0 Å². The molecule has 1 heterocycles. The molecular formula is C21H25N3O3. The number of amides is 2. The van der Waals surface area contributed by atoms with E-state index >= 15 is 0 Å². The van der Waals surface area contributed by atoms with Crippen molar-refractivity contribution < 1.29 is 14.3 Å². The van der Waals surface area contributed by atoms with Crippen LogP contribution >= 0.6 is 0 Å². The first-order chi connectivity index (χ1) is 13.1. The van der Waals surface area contributed by atoms with E-state index in [0.29, 0.717) is 22.6 Å². The maximum absolute atomic E-state index is 12.8. The quantitative estimate of drug-likeness (QED) is 0.759. The van der Waals surface area contributed by atoms with Crippen molar-refractivity contribution in [1.29, 1.82) is 0 Å². The van der Waals surface area contributed by atoms with Gasteiger partial charge in [-0.2, -0.15) is 0 Å². The molecule has 27 heavy (non-hydrogen) atoms. The van der Waals surface area contributed by atoms with Gasteiger partial charge in [-0.3, -0.25) is 9.59 Å². The second kappa shape index (κ2) is 8.68. The monoisotopic (exact) mass is 367 g/mol. The zero-order chi connectivity index (χ0) is 19.2. The number of rotatable bonds is 5. The second-order valence-corrected chi connectivity index (χ2v) is 6.69. The molecule has 2 atom stereocenters. The van der Waals surface area contributed by atoms with E-state index in [4.69, 9.17) is 4.74 Å². The van der Waals surface area contributed by atoms with Gasteiger partial charge in [0.15, 0.2) is 0 Å². The SMILES string of the molecule is COc1ccc(C(=O)Nc2ccccc2C(=O)NC2CCCNC2C)cc1. The summed E-state index contributed by atoms with van der Waals surface area (Å²) in [5.74, 6) is 0.230. The van der Waals surface area contributed by atoms with Crippen molar-refractivity contribution in [2.75, 3.05) is 19.0 Å². The van der Waals surface area contributed by atoms with Crippen molar-refractivity contribution in [3.8, 4) is 5.75 Å². The lowest BCUT2D eigenvalue weighted by molar-refractivity contribution is 0.0920. The molecule has 2 unspecified atom stereocenters. The van der Waals surface area contributed by atoms with Gasteiger partial charge in [0.05, 0.1) is 18.4 Å². The largest absolute Gasteiger partial charge is 0.497 e. The first kappa shape index (κ1) is 18.9. The molecule has 1 saturated heterocycles. The molecule has 142 valence electrons. The Labute approximate surface area is 159 Å². The Balaban J connectivity index is 1.72. The van der Waals surface area contributed by atoms with Crippen LogP contribution in [0.4, 0.5) is 5.69 Å². The number of para-hydroxylation sites is 1. The third kappa shape index (κ3) is 4.65. The van der Waals surface area contributed by atoms with Gasteiger partial charge in [0.25, 0.3) is 11.8 Å². The molecule has 0 bridgehead atoms. The molecule has 0 aromatic heterocycles. The third-order valence-electron chi connectivity index (χ3n) is 4.85. The minimum Gasteiger partial charge on any atom is -0.497 e. The average molecular weight is 367 g/mol. The lowest BCUT2D eigenvalue weighted by atomic mass is 9.99. The molecule has 2 amide bonds. The lowest BCUT2D eigenvalue weighted by Gasteiger charge is -2.30. The van der Waals surface area contributed by atoms with Crippen LogP contribution in [0.3, 0.4) is 0 Å². The number of piperidine rings is 1. The summed E-state index contributed by atoms with van der Waals surface area (Å²) in [6.07, 6.45) is 1.98. The average Bonchev–Trinajstić information content (AvgIpc) is 2.70. The Morgan fingerprint density at radius 2 is 1.81 bits per heavy atom. The van der Waals surface area contributed by atoms with Crippen LogP contribution in [0.15, 0.2) is 48.5 Å². The first-order valence-electron chi connectivity index (χ1n) is 9.17. The highest BCUT2D eigenvalue weighted by Crippen LogP contribution is 2.19. The minimum absolute atomic E-state index is 0.0802. The Morgan fingerprint density at radius 1 is 1.07 bits per heavy atom. The predicted molar refractivity (Wildman–Crippen MR) is 105 cm³/mol. The number of methoxy groups -OCH3 is 1.